The fourth-order valence-electron chi connectivity index (χ4n) is 3.13. The number of hydrogen-bond acceptors (Lipinski definition) is 5. The number of amides is 1. The van der Waals surface area contributed by atoms with Crippen molar-refractivity contribution in [2.75, 3.05) is 0 Å². The summed E-state index contributed by atoms with van der Waals surface area (Å²) in [5.74, 6) is -0.264. The van der Waals surface area contributed by atoms with Gasteiger partial charge in [-0.2, -0.15) is 23.3 Å². The first-order chi connectivity index (χ1) is 15.7. The number of thiazole rings is 1. The second-order valence-corrected chi connectivity index (χ2v) is 8.45. The van der Waals surface area contributed by atoms with E-state index in [2.05, 4.69) is 15.4 Å². The van der Waals surface area contributed by atoms with Crippen molar-refractivity contribution >= 4 is 33.8 Å². The summed E-state index contributed by atoms with van der Waals surface area (Å²) in [7, 11) is 0. The molecule has 0 saturated heterocycles. The molecule has 2 aromatic heterocycles. The Bertz CT molecular complexity index is 1370. The van der Waals surface area contributed by atoms with Crippen LogP contribution in [0.1, 0.15) is 28.1 Å². The first-order valence-corrected chi connectivity index (χ1v) is 11.0. The van der Waals surface area contributed by atoms with E-state index in [1.807, 2.05) is 12.1 Å². The molecule has 2 aromatic carbocycles. The Hall–Kier alpha value is -3.24. The minimum absolute atomic E-state index is 0.00171. The van der Waals surface area contributed by atoms with Crippen molar-refractivity contribution in [3.63, 3.8) is 0 Å². The molecule has 1 N–H and O–H groups in total. The Morgan fingerprint density at radius 1 is 1.12 bits per heavy atom. The number of benzene rings is 2. The van der Waals surface area contributed by atoms with E-state index in [9.17, 15) is 22.8 Å². The molecule has 0 aliphatic rings. The molecule has 170 valence electrons. The van der Waals surface area contributed by atoms with Gasteiger partial charge in [0.1, 0.15) is 5.69 Å². The standard InChI is InChI=1S/C22H16ClF3N4O2S/c23-17-4-2-1-3-14(17)11-27-19(31)10-16-12-33-21-28-20(32)18(29-30(16)21)9-13-5-7-15(8-6-13)22(24,25)26/h1-8,12H,9-11H2,(H,27,31). The van der Waals surface area contributed by atoms with E-state index >= 15 is 0 Å². The summed E-state index contributed by atoms with van der Waals surface area (Å²) in [5, 5.41) is 9.34. The molecule has 0 fully saturated rings. The second kappa shape index (κ2) is 9.32. The summed E-state index contributed by atoms with van der Waals surface area (Å²) in [6, 6.07) is 11.7. The number of rotatable bonds is 6. The minimum Gasteiger partial charge on any atom is -0.352 e. The normalized spacial score (nSPS) is 11.6. The molecule has 0 bridgehead atoms. The van der Waals surface area contributed by atoms with E-state index in [4.69, 9.17) is 11.6 Å². The molecular formula is C22H16ClF3N4O2S. The summed E-state index contributed by atoms with van der Waals surface area (Å²) in [5.41, 5.74) is 0.545. The number of nitrogens with zero attached hydrogens (tertiary/aromatic N) is 3. The van der Waals surface area contributed by atoms with Gasteiger partial charge in [-0.3, -0.25) is 9.59 Å². The maximum Gasteiger partial charge on any atom is 0.416 e. The topological polar surface area (TPSA) is 76.4 Å². The fourth-order valence-corrected chi connectivity index (χ4v) is 4.15. The molecule has 6 nitrogen and oxygen atoms in total. The van der Waals surface area contributed by atoms with Crippen molar-refractivity contribution in [2.24, 2.45) is 0 Å². The minimum atomic E-state index is -4.44. The van der Waals surface area contributed by atoms with Crippen LogP contribution in [0.15, 0.2) is 58.7 Å². The highest BCUT2D eigenvalue weighted by molar-refractivity contribution is 7.15. The summed E-state index contributed by atoms with van der Waals surface area (Å²) >= 11 is 7.27. The molecule has 0 unspecified atom stereocenters. The fraction of sp³-hybridized carbons (Fsp3) is 0.182. The smallest absolute Gasteiger partial charge is 0.352 e. The Balaban J connectivity index is 1.50. The van der Waals surface area contributed by atoms with Gasteiger partial charge in [0.2, 0.25) is 10.9 Å². The lowest BCUT2D eigenvalue weighted by atomic mass is 10.1. The monoisotopic (exact) mass is 492 g/mol. The Morgan fingerprint density at radius 3 is 2.55 bits per heavy atom. The molecule has 0 aliphatic carbocycles. The maximum absolute atomic E-state index is 12.8. The number of halogens is 4. The highest BCUT2D eigenvalue weighted by Crippen LogP contribution is 2.29. The number of hydrogen-bond donors (Lipinski definition) is 1. The van der Waals surface area contributed by atoms with Crippen LogP contribution >= 0.6 is 22.9 Å². The zero-order valence-corrected chi connectivity index (χ0v) is 18.5. The van der Waals surface area contributed by atoms with Crippen molar-refractivity contribution in [3.8, 4) is 0 Å². The van der Waals surface area contributed by atoms with Crippen LogP contribution in [0.2, 0.25) is 5.02 Å². The highest BCUT2D eigenvalue weighted by Gasteiger charge is 2.30. The van der Waals surface area contributed by atoms with Crippen LogP contribution < -0.4 is 10.9 Å². The Morgan fingerprint density at radius 2 is 1.85 bits per heavy atom. The van der Waals surface area contributed by atoms with Crippen LogP contribution in [0, 0.1) is 0 Å². The molecule has 0 radical (unpaired) electrons. The van der Waals surface area contributed by atoms with Gasteiger partial charge in [0, 0.05) is 23.4 Å². The number of nitrogens with one attached hydrogen (secondary N) is 1. The summed E-state index contributed by atoms with van der Waals surface area (Å²) in [4.78, 5) is 29.1. The molecule has 1 amide bonds. The maximum atomic E-state index is 12.8. The third-order valence-corrected chi connectivity index (χ3v) is 6.08. The molecule has 4 aromatic rings. The van der Waals surface area contributed by atoms with E-state index in [-0.39, 0.29) is 31.0 Å². The van der Waals surface area contributed by atoms with Crippen molar-refractivity contribution in [3.05, 3.63) is 97.4 Å². The van der Waals surface area contributed by atoms with Crippen molar-refractivity contribution in [1.29, 1.82) is 0 Å². The zero-order valence-electron chi connectivity index (χ0n) is 16.9. The third kappa shape index (κ3) is 5.40. The van der Waals surface area contributed by atoms with E-state index < -0.39 is 17.3 Å². The summed E-state index contributed by atoms with van der Waals surface area (Å²) < 4.78 is 39.7. The van der Waals surface area contributed by atoms with Crippen LogP contribution in [-0.2, 0) is 30.4 Å². The number of carbonyl (C=O) groups is 1. The van der Waals surface area contributed by atoms with E-state index in [1.54, 1.807) is 17.5 Å². The van der Waals surface area contributed by atoms with Gasteiger partial charge in [0.25, 0.3) is 5.56 Å². The van der Waals surface area contributed by atoms with Gasteiger partial charge in [-0.25, -0.2) is 4.52 Å². The highest BCUT2D eigenvalue weighted by atomic mass is 35.5. The quantitative estimate of drug-likeness (QED) is 0.436. The summed E-state index contributed by atoms with van der Waals surface area (Å²) in [6.07, 6.45) is -4.42. The van der Waals surface area contributed by atoms with Crippen LogP contribution in [0.4, 0.5) is 13.2 Å². The molecule has 0 atom stereocenters. The summed E-state index contributed by atoms with van der Waals surface area (Å²) in [6.45, 7) is 0.265. The number of alkyl halides is 3. The predicted octanol–water partition coefficient (Wildman–Crippen LogP) is 4.27. The van der Waals surface area contributed by atoms with E-state index in [0.717, 1.165) is 17.7 Å². The van der Waals surface area contributed by atoms with Crippen LogP contribution in [0.25, 0.3) is 4.96 Å². The molecule has 11 heteroatoms. The van der Waals surface area contributed by atoms with Gasteiger partial charge >= 0.3 is 6.18 Å². The van der Waals surface area contributed by atoms with Gasteiger partial charge < -0.3 is 5.32 Å². The lowest BCUT2D eigenvalue weighted by Gasteiger charge is -2.08. The van der Waals surface area contributed by atoms with Crippen molar-refractivity contribution < 1.29 is 18.0 Å². The second-order valence-electron chi connectivity index (χ2n) is 7.20. The molecule has 0 aliphatic heterocycles. The van der Waals surface area contributed by atoms with Crippen molar-refractivity contribution in [1.82, 2.24) is 19.9 Å². The SMILES string of the molecule is O=C(Cc1csc2nc(=O)c(Cc3ccc(C(F)(F)F)cc3)nn12)NCc1ccccc1Cl. The lowest BCUT2D eigenvalue weighted by Crippen LogP contribution is -2.26. The van der Waals surface area contributed by atoms with E-state index in [1.165, 1.54) is 28.0 Å². The third-order valence-electron chi connectivity index (χ3n) is 4.85. The predicted molar refractivity (Wildman–Crippen MR) is 118 cm³/mol. The first kappa shape index (κ1) is 22.9. The van der Waals surface area contributed by atoms with Gasteiger partial charge in [-0.15, -0.1) is 11.3 Å². The lowest BCUT2D eigenvalue weighted by molar-refractivity contribution is -0.137. The van der Waals surface area contributed by atoms with E-state index in [0.29, 0.717) is 21.2 Å². The largest absolute Gasteiger partial charge is 0.416 e. The number of carbonyl (C=O) groups excluding carboxylic acids is 1. The first-order valence-electron chi connectivity index (χ1n) is 9.73. The van der Waals surface area contributed by atoms with Gasteiger partial charge in [-0.1, -0.05) is 41.9 Å². The van der Waals surface area contributed by atoms with Gasteiger partial charge in [0.05, 0.1) is 17.7 Å². The molecular weight excluding hydrogens is 477 g/mol. The average molecular weight is 493 g/mol. The van der Waals surface area contributed by atoms with Gasteiger partial charge in [-0.05, 0) is 29.3 Å². The Labute approximate surface area is 194 Å². The molecule has 0 spiro atoms. The van der Waals surface area contributed by atoms with Gasteiger partial charge in [0.15, 0.2) is 0 Å². The van der Waals surface area contributed by atoms with Crippen LogP contribution in [0.3, 0.4) is 0 Å². The van der Waals surface area contributed by atoms with Crippen LogP contribution in [-0.4, -0.2) is 20.5 Å². The number of fused-ring (bicyclic) bond motifs is 1. The number of aromatic nitrogens is 3. The molecule has 33 heavy (non-hydrogen) atoms. The zero-order chi connectivity index (χ0) is 23.6. The molecule has 2 heterocycles. The van der Waals surface area contributed by atoms with Crippen LogP contribution in [0.5, 0.6) is 0 Å². The Kier molecular flexibility index (Phi) is 6.48. The molecule has 0 saturated carbocycles. The van der Waals surface area contributed by atoms with Crippen molar-refractivity contribution in [2.45, 2.75) is 25.6 Å². The average Bonchev–Trinajstić information content (AvgIpc) is 3.14. The molecule has 4 rings (SSSR count).